The minimum absolute atomic E-state index is 0.0425. The Labute approximate surface area is 117 Å². The van der Waals surface area contributed by atoms with Gasteiger partial charge in [-0.3, -0.25) is 9.78 Å². The fourth-order valence-corrected chi connectivity index (χ4v) is 2.34. The molecule has 1 heterocycles. The molecule has 0 fully saturated rings. The van der Waals surface area contributed by atoms with E-state index < -0.39 is 0 Å². The number of pyridine rings is 1. The zero-order valence-corrected chi connectivity index (χ0v) is 11.1. The molecule has 0 unspecified atom stereocenters. The lowest BCUT2D eigenvalue weighted by atomic mass is 9.96. The first-order chi connectivity index (χ1) is 9.68. The van der Waals surface area contributed by atoms with Crippen molar-refractivity contribution in [2.45, 2.75) is 6.92 Å². The Bertz CT molecular complexity index is 804. The highest BCUT2D eigenvalue weighted by Crippen LogP contribution is 2.23. The smallest absolute Gasteiger partial charge is 0.195 e. The van der Waals surface area contributed by atoms with Crippen LogP contribution in [0.4, 0.5) is 5.69 Å². The number of nitrogens with two attached hydrogens (primary N) is 1. The molecule has 0 atom stereocenters. The summed E-state index contributed by atoms with van der Waals surface area (Å²) in [6, 6.07) is 13.1. The van der Waals surface area contributed by atoms with Crippen molar-refractivity contribution in [2.24, 2.45) is 0 Å². The SMILES string of the molecule is Cc1c(N)cccc1C(=O)c1cncc2ccccc12. The molecule has 0 radical (unpaired) electrons. The Morgan fingerprint density at radius 3 is 2.65 bits per heavy atom. The number of carbonyl (C=O) groups is 1. The van der Waals surface area contributed by atoms with Crippen molar-refractivity contribution in [1.29, 1.82) is 0 Å². The number of nitrogens with zero attached hydrogens (tertiary/aromatic N) is 1. The Morgan fingerprint density at radius 1 is 1.00 bits per heavy atom. The summed E-state index contributed by atoms with van der Waals surface area (Å²) in [5, 5.41) is 1.87. The van der Waals surface area contributed by atoms with Gasteiger partial charge in [-0.1, -0.05) is 36.4 Å². The summed E-state index contributed by atoms with van der Waals surface area (Å²) in [7, 11) is 0. The Kier molecular flexibility index (Phi) is 2.95. The summed E-state index contributed by atoms with van der Waals surface area (Å²) in [6.07, 6.45) is 3.38. The van der Waals surface area contributed by atoms with Gasteiger partial charge in [-0.15, -0.1) is 0 Å². The van der Waals surface area contributed by atoms with E-state index in [1.807, 2.05) is 31.2 Å². The minimum Gasteiger partial charge on any atom is -0.398 e. The van der Waals surface area contributed by atoms with Crippen molar-refractivity contribution < 1.29 is 4.79 Å². The van der Waals surface area contributed by atoms with Gasteiger partial charge in [-0.2, -0.15) is 0 Å². The van der Waals surface area contributed by atoms with Gasteiger partial charge in [0.05, 0.1) is 0 Å². The Morgan fingerprint density at radius 2 is 1.80 bits per heavy atom. The van der Waals surface area contributed by atoms with E-state index in [9.17, 15) is 4.79 Å². The number of rotatable bonds is 2. The monoisotopic (exact) mass is 262 g/mol. The van der Waals surface area contributed by atoms with Gasteiger partial charge < -0.3 is 5.73 Å². The van der Waals surface area contributed by atoms with Crippen molar-refractivity contribution in [3.63, 3.8) is 0 Å². The zero-order valence-electron chi connectivity index (χ0n) is 11.1. The maximum atomic E-state index is 12.7. The molecule has 20 heavy (non-hydrogen) atoms. The predicted octanol–water partition coefficient (Wildman–Crippen LogP) is 3.36. The van der Waals surface area contributed by atoms with Crippen LogP contribution in [-0.2, 0) is 0 Å². The molecule has 0 amide bonds. The van der Waals surface area contributed by atoms with Crippen molar-refractivity contribution in [1.82, 2.24) is 4.98 Å². The number of hydrogen-bond acceptors (Lipinski definition) is 3. The van der Waals surface area contributed by atoms with Crippen LogP contribution in [0.15, 0.2) is 54.9 Å². The van der Waals surface area contributed by atoms with E-state index in [4.69, 9.17) is 5.73 Å². The first kappa shape index (κ1) is 12.4. The summed E-state index contributed by atoms with van der Waals surface area (Å²) in [5.74, 6) is -0.0425. The van der Waals surface area contributed by atoms with Crippen LogP contribution < -0.4 is 5.73 Å². The topological polar surface area (TPSA) is 56.0 Å². The van der Waals surface area contributed by atoms with Crippen LogP contribution in [0.5, 0.6) is 0 Å². The van der Waals surface area contributed by atoms with E-state index in [2.05, 4.69) is 4.98 Å². The molecule has 2 aromatic carbocycles. The lowest BCUT2D eigenvalue weighted by molar-refractivity contribution is 0.103. The Hall–Kier alpha value is -2.68. The van der Waals surface area contributed by atoms with Crippen molar-refractivity contribution in [3.05, 3.63) is 71.5 Å². The number of benzene rings is 2. The second kappa shape index (κ2) is 4.78. The summed E-state index contributed by atoms with van der Waals surface area (Å²) < 4.78 is 0. The molecule has 0 aliphatic heterocycles. The van der Waals surface area contributed by atoms with E-state index in [0.29, 0.717) is 16.8 Å². The highest BCUT2D eigenvalue weighted by atomic mass is 16.1. The first-order valence-electron chi connectivity index (χ1n) is 6.41. The van der Waals surface area contributed by atoms with Crippen LogP contribution in [0.3, 0.4) is 0 Å². The second-order valence-electron chi connectivity index (χ2n) is 4.76. The molecule has 3 heteroatoms. The summed E-state index contributed by atoms with van der Waals surface area (Å²) >= 11 is 0. The van der Waals surface area contributed by atoms with Gasteiger partial charge in [0.1, 0.15) is 0 Å². The highest BCUT2D eigenvalue weighted by Gasteiger charge is 2.15. The van der Waals surface area contributed by atoms with Crippen LogP contribution in [0.25, 0.3) is 10.8 Å². The lowest BCUT2D eigenvalue weighted by Crippen LogP contribution is -2.06. The molecule has 2 N–H and O–H groups in total. The average molecular weight is 262 g/mol. The number of nitrogen functional groups attached to an aromatic ring is 1. The van der Waals surface area contributed by atoms with E-state index in [0.717, 1.165) is 16.3 Å². The fraction of sp³-hybridized carbons (Fsp3) is 0.0588. The number of aromatic nitrogens is 1. The normalized spacial score (nSPS) is 10.7. The number of ketones is 1. The van der Waals surface area contributed by atoms with Gasteiger partial charge in [0.25, 0.3) is 0 Å². The highest BCUT2D eigenvalue weighted by molar-refractivity contribution is 6.17. The van der Waals surface area contributed by atoms with Crippen molar-refractivity contribution in [3.8, 4) is 0 Å². The molecule has 3 aromatic rings. The molecule has 3 rings (SSSR count). The van der Waals surface area contributed by atoms with E-state index in [-0.39, 0.29) is 5.78 Å². The number of carbonyl (C=O) groups excluding carboxylic acids is 1. The quantitative estimate of drug-likeness (QED) is 0.569. The first-order valence-corrected chi connectivity index (χ1v) is 6.41. The third kappa shape index (κ3) is 1.93. The Balaban J connectivity index is 2.21. The standard InChI is InChI=1S/C17H14N2O/c1-11-13(7-4-8-16(11)18)17(20)15-10-19-9-12-5-2-3-6-14(12)15/h2-10H,18H2,1H3. The van der Waals surface area contributed by atoms with Gasteiger partial charge in [0.15, 0.2) is 5.78 Å². The zero-order chi connectivity index (χ0) is 14.1. The van der Waals surface area contributed by atoms with Crippen LogP contribution in [0.1, 0.15) is 21.5 Å². The summed E-state index contributed by atoms with van der Waals surface area (Å²) in [6.45, 7) is 1.86. The molecule has 0 spiro atoms. The minimum atomic E-state index is -0.0425. The van der Waals surface area contributed by atoms with Crippen LogP contribution >= 0.6 is 0 Å². The van der Waals surface area contributed by atoms with Gasteiger partial charge in [0, 0.05) is 34.6 Å². The number of hydrogen-bond donors (Lipinski definition) is 1. The number of anilines is 1. The van der Waals surface area contributed by atoms with Crippen LogP contribution in [-0.4, -0.2) is 10.8 Å². The molecule has 0 saturated heterocycles. The maximum absolute atomic E-state index is 12.7. The maximum Gasteiger partial charge on any atom is 0.195 e. The van der Waals surface area contributed by atoms with Gasteiger partial charge in [0.2, 0.25) is 0 Å². The molecule has 0 saturated carbocycles. The predicted molar refractivity (Wildman–Crippen MR) is 80.8 cm³/mol. The van der Waals surface area contributed by atoms with E-state index in [1.165, 1.54) is 0 Å². The molecule has 98 valence electrons. The van der Waals surface area contributed by atoms with Gasteiger partial charge in [-0.25, -0.2) is 0 Å². The molecule has 3 nitrogen and oxygen atoms in total. The summed E-state index contributed by atoms with van der Waals surface area (Å²) in [4.78, 5) is 16.9. The summed E-state index contributed by atoms with van der Waals surface area (Å²) in [5.41, 5.74) is 8.56. The van der Waals surface area contributed by atoms with Crippen LogP contribution in [0.2, 0.25) is 0 Å². The molecular weight excluding hydrogens is 248 g/mol. The van der Waals surface area contributed by atoms with E-state index >= 15 is 0 Å². The van der Waals surface area contributed by atoms with Gasteiger partial charge in [-0.05, 0) is 23.9 Å². The molecular formula is C17H14N2O. The van der Waals surface area contributed by atoms with Crippen molar-refractivity contribution >= 4 is 22.2 Å². The second-order valence-corrected chi connectivity index (χ2v) is 4.76. The van der Waals surface area contributed by atoms with E-state index in [1.54, 1.807) is 30.6 Å². The van der Waals surface area contributed by atoms with Gasteiger partial charge >= 0.3 is 0 Å². The third-order valence-corrected chi connectivity index (χ3v) is 3.53. The fourth-order valence-electron chi connectivity index (χ4n) is 2.34. The lowest BCUT2D eigenvalue weighted by Gasteiger charge is -2.09. The largest absolute Gasteiger partial charge is 0.398 e. The molecule has 1 aromatic heterocycles. The average Bonchev–Trinajstić information content (AvgIpc) is 2.49. The van der Waals surface area contributed by atoms with Crippen LogP contribution in [0, 0.1) is 6.92 Å². The molecule has 0 aliphatic carbocycles. The third-order valence-electron chi connectivity index (χ3n) is 3.53. The van der Waals surface area contributed by atoms with Crippen molar-refractivity contribution in [2.75, 3.05) is 5.73 Å². The number of fused-ring (bicyclic) bond motifs is 1. The molecule has 0 bridgehead atoms. The molecule has 0 aliphatic rings.